The number of likely N-dealkylation sites (tertiary alicyclic amines) is 2. The van der Waals surface area contributed by atoms with Crippen LogP contribution in [0.4, 0.5) is 0 Å². The maximum absolute atomic E-state index is 13.6. The van der Waals surface area contributed by atoms with Crippen molar-refractivity contribution in [3.05, 3.63) is 118 Å². The number of Topliss-reactive ketones (excluding diaryl/α,β-unsaturated/α-hetero) is 2. The third-order valence-electron chi connectivity index (χ3n) is 22.6. The Bertz CT molecular complexity index is 3820. The molecule has 4 bridgehead atoms. The molecule has 28 nitrogen and oxygen atoms in total. The number of carbonyl (C=O) groups is 12. The molecule has 9 rings (SSSR count). The van der Waals surface area contributed by atoms with Crippen LogP contribution in [-0.4, -0.2) is 191 Å². The lowest BCUT2D eigenvalue weighted by Gasteiger charge is -2.27. The van der Waals surface area contributed by atoms with Gasteiger partial charge in [0.25, 0.3) is 0 Å². The number of hydrogen-bond acceptors (Lipinski definition) is 19. The van der Waals surface area contributed by atoms with Gasteiger partial charge in [-0.25, -0.2) is 14.3 Å². The van der Waals surface area contributed by atoms with Gasteiger partial charge >= 0.3 is 11.9 Å². The molecule has 0 spiro atoms. The number of fused-ring (bicyclic) bond motifs is 10. The van der Waals surface area contributed by atoms with Crippen molar-refractivity contribution in [2.45, 2.75) is 202 Å². The second kappa shape index (κ2) is 43.9. The number of azide groups is 1. The Morgan fingerprint density at radius 2 is 1.00 bits per heavy atom. The summed E-state index contributed by atoms with van der Waals surface area (Å²) in [5, 5.41) is 18.2. The Morgan fingerprint density at radius 3 is 1.42 bits per heavy atom. The van der Waals surface area contributed by atoms with Gasteiger partial charge in [-0.05, 0) is 132 Å². The van der Waals surface area contributed by atoms with Crippen molar-refractivity contribution in [2.24, 2.45) is 63.3 Å². The van der Waals surface area contributed by atoms with Crippen LogP contribution in [0.2, 0.25) is 0 Å². The average Bonchev–Trinajstić information content (AvgIpc) is 1.58. The highest BCUT2D eigenvalue weighted by molar-refractivity contribution is 6.07. The van der Waals surface area contributed by atoms with Crippen molar-refractivity contribution in [3.8, 4) is 12.3 Å². The molecule has 1 aromatic heterocycles. The summed E-state index contributed by atoms with van der Waals surface area (Å²) >= 11 is 0. The highest BCUT2D eigenvalue weighted by Crippen LogP contribution is 2.54. The van der Waals surface area contributed by atoms with Crippen molar-refractivity contribution >= 4 is 70.8 Å². The number of nitrogens with one attached hydrogen (secondary N) is 2. The number of benzene rings is 2. The minimum Gasteiger partial charge on any atom is -0.464 e. The van der Waals surface area contributed by atoms with Crippen LogP contribution in [0.15, 0.2) is 96.3 Å². The molecule has 112 heavy (non-hydrogen) atoms. The first-order chi connectivity index (χ1) is 53.5. The highest BCUT2D eigenvalue weighted by atomic mass is 16.6. The summed E-state index contributed by atoms with van der Waals surface area (Å²) < 4.78 is 21.7. The van der Waals surface area contributed by atoms with Crippen LogP contribution in [0, 0.1) is 70.5 Å². The van der Waals surface area contributed by atoms with E-state index in [-0.39, 0.29) is 170 Å². The molecule has 2 aliphatic heterocycles. The Balaban J connectivity index is 0.000000267. The minimum atomic E-state index is -0.661. The van der Waals surface area contributed by atoms with Crippen LogP contribution in [0.3, 0.4) is 0 Å². The van der Waals surface area contributed by atoms with Gasteiger partial charge in [-0.3, -0.25) is 57.7 Å². The first-order valence-corrected chi connectivity index (χ1v) is 39.6. The van der Waals surface area contributed by atoms with Crippen molar-refractivity contribution in [1.29, 1.82) is 0 Å². The van der Waals surface area contributed by atoms with E-state index in [2.05, 4.69) is 61.2 Å². The summed E-state index contributed by atoms with van der Waals surface area (Å²) in [6.45, 7) is 17.1. The number of carbonyl (C=O) groups excluding carboxylic acids is 12. The lowest BCUT2D eigenvalue weighted by molar-refractivity contribution is -0.155. The zero-order chi connectivity index (χ0) is 81.7. The largest absolute Gasteiger partial charge is 0.464 e. The van der Waals surface area contributed by atoms with E-state index < -0.39 is 35.0 Å². The molecular weight excluding hydrogens is 1430 g/mol. The van der Waals surface area contributed by atoms with Gasteiger partial charge in [0.15, 0.2) is 12.2 Å². The Labute approximate surface area is 658 Å². The van der Waals surface area contributed by atoms with Crippen LogP contribution in [0.5, 0.6) is 0 Å². The lowest BCUT2D eigenvalue weighted by Crippen LogP contribution is -2.34. The van der Waals surface area contributed by atoms with E-state index in [4.69, 9.17) is 30.9 Å². The highest BCUT2D eigenvalue weighted by Gasteiger charge is 2.60. The number of esters is 2. The molecule has 4 fully saturated rings. The van der Waals surface area contributed by atoms with Crippen molar-refractivity contribution < 1.29 is 76.5 Å². The molecule has 4 aliphatic carbocycles. The lowest BCUT2D eigenvalue weighted by atomic mass is 9.80. The summed E-state index contributed by atoms with van der Waals surface area (Å²) in [7, 11) is 2.85. The van der Waals surface area contributed by atoms with Gasteiger partial charge in [0, 0.05) is 94.9 Å². The monoisotopic (exact) mass is 1550 g/mol. The molecular formula is C84H116N12O16. The van der Waals surface area contributed by atoms with Gasteiger partial charge in [0.1, 0.15) is 17.3 Å². The van der Waals surface area contributed by atoms with Crippen LogP contribution in [0.25, 0.3) is 10.4 Å². The number of terminal acetylenes is 1. The van der Waals surface area contributed by atoms with Gasteiger partial charge in [0.05, 0.1) is 68.3 Å². The number of hydrogen-bond donors (Lipinski definition) is 2. The summed E-state index contributed by atoms with van der Waals surface area (Å²) in [6.07, 6.45) is 24.4. The fraction of sp³-hybridized carbons (Fsp3) is 0.619. The molecule has 3 heterocycles. The predicted molar refractivity (Wildman–Crippen MR) is 416 cm³/mol. The number of imide groups is 2. The summed E-state index contributed by atoms with van der Waals surface area (Å²) in [5.74, 6) is 1.000. The molecule has 3 aromatic rings. The maximum Gasteiger partial charge on any atom is 0.334 e. The van der Waals surface area contributed by atoms with Crippen molar-refractivity contribution in [1.82, 2.24) is 45.2 Å². The summed E-state index contributed by atoms with van der Waals surface area (Å²) in [5.41, 5.74) is 10.0. The molecule has 2 N–H and O–H groups in total. The zero-order valence-electron chi connectivity index (χ0n) is 67.0. The minimum absolute atomic E-state index is 0.00187. The number of allylic oxidation sites excluding steroid dienone is 4. The number of ketones is 2. The standard InChI is InChI=1S/C42H58N6O8.C29H41N3O7.C13H17N3O/c1-28(55-5)41(54)56-23-13-20-43-35(50)18-19-36(51)46(21-11-6-7-12-22-47-39(52)37-31-16-17-32(24-31)38(37)40(47)53)26-33-27-48(45-44-33)34(25-42(3,4)29(2)49)30-14-9-8-10-15-30;1-4-15-31(24(34)13-12-23(33)30-14-9-18-39-29(37)20(2)38-3)16-7-5-6-8-17-32-27(35)25-21-10-11-22(19-21)26(25)28(32)36;1-10(17)13(2,3)9-12(15-16-14)11-7-5-4-6-8-11/h8-10,14-17,27-28,31-32,34,37-38H,6-7,11-13,18-26H2,1-5H3,(H,43,50);1,10-11,20-22,25-26H,5-9,12-19H2,2-3H3,(H,30,33);4-8,12H,9H2,1-3H3/t28?,31-,32+,34?,37+,38-;20?,21-,22+,25+,26-;. The fourth-order valence-electron chi connectivity index (χ4n) is 15.2. The van der Waals surface area contributed by atoms with Gasteiger partial charge < -0.3 is 39.4 Å². The number of methoxy groups -OCH3 is 2. The van der Waals surface area contributed by atoms with E-state index in [0.717, 1.165) is 62.5 Å². The first kappa shape index (κ1) is 89.5. The first-order valence-electron chi connectivity index (χ1n) is 39.6. The van der Waals surface area contributed by atoms with E-state index in [1.165, 1.54) is 24.0 Å². The third kappa shape index (κ3) is 25.4. The van der Waals surface area contributed by atoms with Crippen molar-refractivity contribution in [2.75, 3.05) is 73.2 Å². The van der Waals surface area contributed by atoms with Gasteiger partial charge in [-0.15, -0.1) is 11.5 Å². The van der Waals surface area contributed by atoms with Crippen LogP contribution in [0.1, 0.15) is 200 Å². The molecule has 8 amide bonds. The number of rotatable bonds is 45. The molecule has 2 saturated carbocycles. The maximum atomic E-state index is 13.6. The van der Waals surface area contributed by atoms with E-state index in [0.29, 0.717) is 83.5 Å². The molecule has 0 radical (unpaired) electrons. The SMILES string of the molecule is C#CCN(CCCCCCN1C(=O)[C@@H]2[C@H](C1=O)[C@H]1C=C[C@@H]2C1)C(=O)CCC(=O)NCCCOC(=O)C(C)OC.CC(=O)C(C)(C)CC(N=[N+]=[N-])c1ccccc1.COC(C)C(=O)OCCCNC(=O)CCC(=O)N(CCCCCCN1C(=O)[C@@H]2[C@H](C1=O)[C@H]1C=C[C@@H]2C1)Cc1cn(C(CC(C)(C)C(C)=O)c2ccccc2)nn1. The smallest absolute Gasteiger partial charge is 0.334 e. The number of ether oxygens (including phenoxy) is 4. The Kier molecular flexibility index (Phi) is 35.1. The molecule has 2 saturated heterocycles. The molecule has 6 aliphatic rings. The quantitative estimate of drug-likeness (QED) is 0.00776. The normalized spacial score (nSPS) is 20.5. The van der Waals surface area contributed by atoms with Crippen LogP contribution < -0.4 is 10.6 Å². The van der Waals surface area contributed by atoms with E-state index in [1.807, 2.05) is 94.6 Å². The number of aromatic nitrogens is 3. The summed E-state index contributed by atoms with van der Waals surface area (Å²) in [6, 6.07) is 18.8. The van der Waals surface area contributed by atoms with Gasteiger partial charge in [-0.1, -0.05) is 155 Å². The fourth-order valence-corrected chi connectivity index (χ4v) is 15.2. The van der Waals surface area contributed by atoms with E-state index >= 15 is 0 Å². The molecule has 12 atom stereocenters. The molecule has 608 valence electrons. The van der Waals surface area contributed by atoms with Crippen molar-refractivity contribution in [3.63, 3.8) is 0 Å². The predicted octanol–water partition coefficient (Wildman–Crippen LogP) is 10.2. The number of nitrogens with zero attached hydrogens (tertiary/aromatic N) is 10. The third-order valence-corrected chi connectivity index (χ3v) is 22.6. The zero-order valence-corrected chi connectivity index (χ0v) is 67.0. The Hall–Kier alpha value is -9.71. The number of unbranched alkanes of at least 4 members (excludes halogenated alkanes) is 6. The van der Waals surface area contributed by atoms with Crippen LogP contribution in [-0.2, 0) is 83.0 Å². The van der Waals surface area contributed by atoms with Gasteiger partial charge in [-0.2, -0.15) is 0 Å². The topological polar surface area (TPSA) is 358 Å². The molecule has 2 aromatic carbocycles. The molecule has 4 unspecified atom stereocenters. The average molecular weight is 1550 g/mol. The molecule has 28 heteroatoms. The second-order valence-corrected chi connectivity index (χ2v) is 31.4. The van der Waals surface area contributed by atoms with E-state index in [1.54, 1.807) is 42.2 Å². The Morgan fingerprint density at radius 1 is 0.589 bits per heavy atom. The number of amides is 8. The summed E-state index contributed by atoms with van der Waals surface area (Å²) in [4.78, 5) is 159. The van der Waals surface area contributed by atoms with Crippen LogP contribution >= 0.6 is 0 Å². The van der Waals surface area contributed by atoms with E-state index in [9.17, 15) is 57.5 Å². The van der Waals surface area contributed by atoms with Gasteiger partial charge in [0.2, 0.25) is 47.3 Å². The second-order valence-electron chi connectivity index (χ2n) is 31.4.